The molecule has 1 aromatic carbocycles. The lowest BCUT2D eigenvalue weighted by Crippen LogP contribution is -2.38. The summed E-state index contributed by atoms with van der Waals surface area (Å²) in [5, 5.41) is 2.52. The average Bonchev–Trinajstić information content (AvgIpc) is 2.73. The fourth-order valence-electron chi connectivity index (χ4n) is 2.52. The maximum absolute atomic E-state index is 12.2. The fraction of sp³-hybridized carbons (Fsp3) is 0.556. The third-order valence-corrected chi connectivity index (χ3v) is 3.78. The van der Waals surface area contributed by atoms with E-state index in [1.807, 2.05) is 39.0 Å². The third kappa shape index (κ3) is 5.15. The van der Waals surface area contributed by atoms with E-state index in [0.717, 1.165) is 18.4 Å². The molecule has 6 heteroatoms. The normalized spacial score (nSPS) is 14.4. The molecule has 0 spiro atoms. The quantitative estimate of drug-likeness (QED) is 0.920. The number of rotatable bonds is 3. The standard InChI is InChI=1S/C18H26N2O4/c1-18(2,3)24-17(22)20-9-7-13-5-6-15(11-14(13)8-10-20)23-12-16(21)19-4/h5-6,11H,7-10,12H2,1-4H3,(H,19,21). The van der Waals surface area contributed by atoms with Gasteiger partial charge in [0.2, 0.25) is 0 Å². The molecule has 0 radical (unpaired) electrons. The first-order valence-corrected chi connectivity index (χ1v) is 8.21. The van der Waals surface area contributed by atoms with Gasteiger partial charge in [-0.25, -0.2) is 4.79 Å². The van der Waals surface area contributed by atoms with Gasteiger partial charge in [-0.1, -0.05) is 6.07 Å². The lowest BCUT2D eigenvalue weighted by molar-refractivity contribution is -0.122. The molecule has 1 N–H and O–H groups in total. The molecule has 0 aliphatic carbocycles. The van der Waals surface area contributed by atoms with Gasteiger partial charge in [-0.15, -0.1) is 0 Å². The van der Waals surface area contributed by atoms with Crippen molar-refractivity contribution in [1.82, 2.24) is 10.2 Å². The fourth-order valence-corrected chi connectivity index (χ4v) is 2.52. The number of carbonyl (C=O) groups excluding carboxylic acids is 2. The van der Waals surface area contributed by atoms with Crippen molar-refractivity contribution < 1.29 is 19.1 Å². The second kappa shape index (κ2) is 7.55. The summed E-state index contributed by atoms with van der Waals surface area (Å²) >= 11 is 0. The van der Waals surface area contributed by atoms with Gasteiger partial charge in [-0.05, 0) is 56.9 Å². The highest BCUT2D eigenvalue weighted by Gasteiger charge is 2.24. The van der Waals surface area contributed by atoms with Gasteiger partial charge >= 0.3 is 6.09 Å². The molecule has 0 saturated heterocycles. The topological polar surface area (TPSA) is 67.9 Å². The molecule has 2 amide bonds. The summed E-state index contributed by atoms with van der Waals surface area (Å²) in [5.74, 6) is 0.504. The number of likely N-dealkylation sites (N-methyl/N-ethyl adjacent to an activating group) is 1. The van der Waals surface area contributed by atoms with Crippen LogP contribution in [0, 0.1) is 0 Å². The number of carbonyl (C=O) groups is 2. The van der Waals surface area contributed by atoms with Crippen molar-refractivity contribution in [1.29, 1.82) is 0 Å². The van der Waals surface area contributed by atoms with Crippen LogP contribution in [-0.2, 0) is 22.4 Å². The van der Waals surface area contributed by atoms with E-state index in [0.29, 0.717) is 18.8 Å². The summed E-state index contributed by atoms with van der Waals surface area (Å²) in [6, 6.07) is 5.83. The molecule has 0 saturated carbocycles. The van der Waals surface area contributed by atoms with Crippen LogP contribution in [0.2, 0.25) is 0 Å². The van der Waals surface area contributed by atoms with Crippen molar-refractivity contribution in [3.63, 3.8) is 0 Å². The van der Waals surface area contributed by atoms with Crippen LogP contribution in [0.15, 0.2) is 18.2 Å². The molecule has 1 aromatic rings. The minimum atomic E-state index is -0.489. The molecule has 0 aromatic heterocycles. The van der Waals surface area contributed by atoms with Gasteiger partial charge in [0.25, 0.3) is 5.91 Å². The van der Waals surface area contributed by atoms with Crippen LogP contribution in [0.4, 0.5) is 4.79 Å². The largest absolute Gasteiger partial charge is 0.484 e. The number of nitrogens with one attached hydrogen (secondary N) is 1. The summed E-state index contributed by atoms with van der Waals surface area (Å²) < 4.78 is 10.9. The summed E-state index contributed by atoms with van der Waals surface area (Å²) in [6.45, 7) is 6.86. The Morgan fingerprint density at radius 3 is 2.46 bits per heavy atom. The van der Waals surface area contributed by atoms with Crippen LogP contribution in [0.5, 0.6) is 5.75 Å². The van der Waals surface area contributed by atoms with E-state index >= 15 is 0 Å². The molecule has 1 heterocycles. The van der Waals surface area contributed by atoms with E-state index in [2.05, 4.69) is 5.32 Å². The summed E-state index contributed by atoms with van der Waals surface area (Å²) in [5.41, 5.74) is 1.86. The Morgan fingerprint density at radius 1 is 1.17 bits per heavy atom. The molecular formula is C18H26N2O4. The van der Waals surface area contributed by atoms with E-state index in [1.165, 1.54) is 5.56 Å². The number of hydrogen-bond donors (Lipinski definition) is 1. The minimum absolute atomic E-state index is 0.000674. The van der Waals surface area contributed by atoms with Crippen molar-refractivity contribution in [2.75, 3.05) is 26.7 Å². The Hall–Kier alpha value is -2.24. The molecule has 24 heavy (non-hydrogen) atoms. The van der Waals surface area contributed by atoms with E-state index in [-0.39, 0.29) is 18.6 Å². The van der Waals surface area contributed by atoms with Crippen molar-refractivity contribution in [3.8, 4) is 5.75 Å². The van der Waals surface area contributed by atoms with Gasteiger partial charge in [0, 0.05) is 20.1 Å². The van der Waals surface area contributed by atoms with Crippen molar-refractivity contribution in [2.45, 2.75) is 39.2 Å². The first-order valence-electron chi connectivity index (χ1n) is 8.21. The van der Waals surface area contributed by atoms with E-state index in [9.17, 15) is 9.59 Å². The molecule has 2 rings (SSSR count). The van der Waals surface area contributed by atoms with Crippen molar-refractivity contribution in [3.05, 3.63) is 29.3 Å². The van der Waals surface area contributed by atoms with Crippen LogP contribution in [-0.4, -0.2) is 49.2 Å². The Bertz CT molecular complexity index is 608. The second-order valence-corrected chi connectivity index (χ2v) is 6.86. The predicted molar refractivity (Wildman–Crippen MR) is 91.2 cm³/mol. The van der Waals surface area contributed by atoms with Gasteiger partial charge in [-0.2, -0.15) is 0 Å². The highest BCUT2D eigenvalue weighted by molar-refractivity contribution is 5.77. The lowest BCUT2D eigenvalue weighted by Gasteiger charge is -2.26. The number of hydrogen-bond acceptors (Lipinski definition) is 4. The van der Waals surface area contributed by atoms with Crippen LogP contribution in [0.25, 0.3) is 0 Å². The van der Waals surface area contributed by atoms with E-state index in [1.54, 1.807) is 11.9 Å². The molecule has 0 fully saturated rings. The number of fused-ring (bicyclic) bond motifs is 1. The van der Waals surface area contributed by atoms with Gasteiger partial charge in [0.15, 0.2) is 6.61 Å². The van der Waals surface area contributed by atoms with Crippen molar-refractivity contribution >= 4 is 12.0 Å². The zero-order valence-electron chi connectivity index (χ0n) is 14.8. The number of benzene rings is 1. The zero-order valence-corrected chi connectivity index (χ0v) is 14.8. The molecule has 0 atom stereocenters. The molecular weight excluding hydrogens is 308 g/mol. The van der Waals surface area contributed by atoms with Gasteiger partial charge in [0.1, 0.15) is 11.4 Å². The highest BCUT2D eigenvalue weighted by atomic mass is 16.6. The van der Waals surface area contributed by atoms with Crippen LogP contribution in [0.1, 0.15) is 31.9 Å². The first-order chi connectivity index (χ1) is 11.3. The summed E-state index contributed by atoms with van der Waals surface area (Å²) in [4.78, 5) is 25.2. The summed E-state index contributed by atoms with van der Waals surface area (Å²) in [7, 11) is 1.58. The maximum atomic E-state index is 12.2. The number of ether oxygens (including phenoxy) is 2. The number of nitrogens with zero attached hydrogens (tertiary/aromatic N) is 1. The monoisotopic (exact) mass is 334 g/mol. The molecule has 1 aliphatic heterocycles. The maximum Gasteiger partial charge on any atom is 0.410 e. The highest BCUT2D eigenvalue weighted by Crippen LogP contribution is 2.23. The van der Waals surface area contributed by atoms with Gasteiger partial charge in [0.05, 0.1) is 0 Å². The predicted octanol–water partition coefficient (Wildman–Crippen LogP) is 2.15. The smallest absolute Gasteiger partial charge is 0.410 e. The van der Waals surface area contributed by atoms with Gasteiger partial charge < -0.3 is 19.7 Å². The molecule has 6 nitrogen and oxygen atoms in total. The number of amides is 2. The van der Waals surface area contributed by atoms with E-state index in [4.69, 9.17) is 9.47 Å². The SMILES string of the molecule is CNC(=O)COc1ccc2c(c1)CCN(C(=O)OC(C)(C)C)CC2. The molecule has 0 unspecified atom stereocenters. The lowest BCUT2D eigenvalue weighted by atomic mass is 10.0. The Morgan fingerprint density at radius 2 is 1.83 bits per heavy atom. The summed E-state index contributed by atoms with van der Waals surface area (Å²) in [6.07, 6.45) is 1.25. The van der Waals surface area contributed by atoms with Crippen LogP contribution >= 0.6 is 0 Å². The molecule has 132 valence electrons. The Labute approximate surface area is 143 Å². The zero-order chi connectivity index (χ0) is 17.7. The molecule has 1 aliphatic rings. The first kappa shape index (κ1) is 18.1. The average molecular weight is 334 g/mol. The third-order valence-electron chi connectivity index (χ3n) is 3.78. The second-order valence-electron chi connectivity index (χ2n) is 6.86. The van der Waals surface area contributed by atoms with Crippen LogP contribution in [0.3, 0.4) is 0 Å². The molecule has 0 bridgehead atoms. The Kier molecular flexibility index (Phi) is 5.70. The minimum Gasteiger partial charge on any atom is -0.484 e. The van der Waals surface area contributed by atoms with Crippen LogP contribution < -0.4 is 10.1 Å². The van der Waals surface area contributed by atoms with Crippen molar-refractivity contribution in [2.24, 2.45) is 0 Å². The van der Waals surface area contributed by atoms with E-state index < -0.39 is 5.60 Å². The van der Waals surface area contributed by atoms with Gasteiger partial charge in [-0.3, -0.25) is 4.79 Å². The Balaban J connectivity index is 2.00.